The van der Waals surface area contributed by atoms with Crippen molar-refractivity contribution in [1.82, 2.24) is 14.9 Å². The molecule has 0 spiro atoms. The molecule has 1 N–H and O–H groups in total. The molecule has 0 unspecified atom stereocenters. The highest BCUT2D eigenvalue weighted by Crippen LogP contribution is 2.19. The third-order valence-corrected chi connectivity index (χ3v) is 4.46. The van der Waals surface area contributed by atoms with Gasteiger partial charge in [0.05, 0.1) is 11.6 Å². The largest absolute Gasteiger partial charge is 0.345 e. The van der Waals surface area contributed by atoms with Gasteiger partial charge in [-0.2, -0.15) is 10.2 Å². The lowest BCUT2D eigenvalue weighted by Crippen LogP contribution is -2.52. The van der Waals surface area contributed by atoms with Crippen molar-refractivity contribution in [3.63, 3.8) is 0 Å². The molecule has 2 aromatic rings. The number of H-pyrrole nitrogens is 1. The van der Waals surface area contributed by atoms with E-state index in [1.54, 1.807) is 35.2 Å². The summed E-state index contributed by atoms with van der Waals surface area (Å²) in [6.07, 6.45) is 0.628. The summed E-state index contributed by atoms with van der Waals surface area (Å²) < 4.78 is 0. The van der Waals surface area contributed by atoms with Gasteiger partial charge in [-0.1, -0.05) is 13.8 Å². The highest BCUT2D eigenvalue weighted by molar-refractivity contribution is 6.01. The second-order valence-electron chi connectivity index (χ2n) is 7.13. The number of nitrogens with zero attached hydrogens (tertiary/aromatic N) is 4. The van der Waals surface area contributed by atoms with E-state index in [4.69, 9.17) is 5.26 Å². The zero-order chi connectivity index (χ0) is 20.3. The average Bonchev–Trinajstić information content (AvgIpc) is 2.66. The zero-order valence-corrected chi connectivity index (χ0v) is 15.8. The molecule has 1 aliphatic rings. The Morgan fingerprint density at radius 1 is 1.25 bits per heavy atom. The molecule has 1 saturated heterocycles. The molecule has 1 aromatic carbocycles. The summed E-state index contributed by atoms with van der Waals surface area (Å²) in [5.74, 6) is -0.334. The lowest BCUT2D eigenvalue weighted by molar-refractivity contribution is -0.120. The summed E-state index contributed by atoms with van der Waals surface area (Å²) in [6, 6.07) is 10.3. The maximum atomic E-state index is 12.8. The second-order valence-corrected chi connectivity index (χ2v) is 7.13. The quantitative estimate of drug-likeness (QED) is 0.862. The average molecular weight is 379 g/mol. The Morgan fingerprint density at radius 3 is 2.57 bits per heavy atom. The number of nitrogens with one attached hydrogen (secondary N) is 1. The van der Waals surface area contributed by atoms with Gasteiger partial charge in [-0.15, -0.1) is 0 Å². The molecule has 3 rings (SSSR count). The van der Waals surface area contributed by atoms with E-state index in [9.17, 15) is 14.4 Å². The summed E-state index contributed by atoms with van der Waals surface area (Å²) >= 11 is 0. The fraction of sp³-hybridized carbons (Fsp3) is 0.350. The molecule has 0 bridgehead atoms. The third kappa shape index (κ3) is 4.26. The number of hydrogen-bond acceptors (Lipinski definition) is 5. The van der Waals surface area contributed by atoms with E-state index in [0.717, 1.165) is 0 Å². The van der Waals surface area contributed by atoms with Crippen LogP contribution in [-0.2, 0) is 11.2 Å². The van der Waals surface area contributed by atoms with Crippen LogP contribution in [0.1, 0.15) is 35.6 Å². The highest BCUT2D eigenvalue weighted by Gasteiger charge is 2.29. The van der Waals surface area contributed by atoms with E-state index >= 15 is 0 Å². The number of nitriles is 1. The van der Waals surface area contributed by atoms with Gasteiger partial charge in [0.25, 0.3) is 5.91 Å². The first-order valence-corrected chi connectivity index (χ1v) is 9.07. The third-order valence-electron chi connectivity index (χ3n) is 4.46. The molecule has 28 heavy (non-hydrogen) atoms. The Balaban J connectivity index is 1.74. The van der Waals surface area contributed by atoms with Crippen molar-refractivity contribution in [1.29, 1.82) is 5.26 Å². The van der Waals surface area contributed by atoms with Crippen molar-refractivity contribution < 1.29 is 9.59 Å². The van der Waals surface area contributed by atoms with Gasteiger partial charge in [0.1, 0.15) is 12.2 Å². The summed E-state index contributed by atoms with van der Waals surface area (Å²) in [5.41, 5.74) is 1.34. The van der Waals surface area contributed by atoms with Crippen LogP contribution in [0.3, 0.4) is 0 Å². The Labute approximate surface area is 162 Å². The number of anilines is 1. The highest BCUT2D eigenvalue weighted by atomic mass is 16.2. The summed E-state index contributed by atoms with van der Waals surface area (Å²) in [7, 11) is 0. The first-order chi connectivity index (χ1) is 13.4. The smallest absolute Gasteiger partial charge is 0.326 e. The van der Waals surface area contributed by atoms with E-state index in [0.29, 0.717) is 42.4 Å². The number of hydrogen-bond donors (Lipinski definition) is 1. The standard InChI is InChI=1S/C20H21N5O3/c1-13(2)9-15-10-17(23-20(28)22-15)19(27)24-7-8-25(18(26)12-24)16-5-3-14(11-21)4-6-16/h3-6,10,13H,7-9,12H2,1-2H3,(H,22,23,28). The second kappa shape index (κ2) is 8.05. The first kappa shape index (κ1) is 19.3. The van der Waals surface area contributed by atoms with E-state index in [1.165, 1.54) is 4.90 Å². The Morgan fingerprint density at radius 2 is 1.96 bits per heavy atom. The van der Waals surface area contributed by atoms with Crippen molar-refractivity contribution in [2.45, 2.75) is 20.3 Å². The Kier molecular flexibility index (Phi) is 5.54. The summed E-state index contributed by atoms with van der Waals surface area (Å²) in [5, 5.41) is 8.88. The zero-order valence-electron chi connectivity index (χ0n) is 15.8. The molecule has 2 heterocycles. The van der Waals surface area contributed by atoms with Gasteiger partial charge in [-0.3, -0.25) is 9.59 Å². The first-order valence-electron chi connectivity index (χ1n) is 9.07. The molecule has 1 aliphatic heterocycles. The topological polar surface area (TPSA) is 110 Å². The predicted molar refractivity (Wildman–Crippen MR) is 103 cm³/mol. The number of piperazine rings is 1. The number of benzene rings is 1. The Bertz CT molecular complexity index is 988. The minimum absolute atomic E-state index is 0.0547. The molecule has 0 radical (unpaired) electrons. The van der Waals surface area contributed by atoms with Crippen LogP contribution < -0.4 is 10.6 Å². The van der Waals surface area contributed by atoms with Crippen LogP contribution in [0, 0.1) is 17.2 Å². The fourth-order valence-electron chi connectivity index (χ4n) is 3.16. The summed E-state index contributed by atoms with van der Waals surface area (Å²) in [6.45, 7) is 4.60. The minimum atomic E-state index is -0.566. The van der Waals surface area contributed by atoms with E-state index < -0.39 is 11.6 Å². The van der Waals surface area contributed by atoms with Crippen LogP contribution in [0.5, 0.6) is 0 Å². The maximum absolute atomic E-state index is 12.8. The van der Waals surface area contributed by atoms with Gasteiger partial charge in [0, 0.05) is 24.5 Å². The molecule has 0 saturated carbocycles. The van der Waals surface area contributed by atoms with Crippen LogP contribution in [0.4, 0.5) is 5.69 Å². The van der Waals surface area contributed by atoms with Gasteiger partial charge in [0.2, 0.25) is 5.91 Å². The molecule has 0 atom stereocenters. The number of aromatic amines is 1. The molecule has 1 aromatic heterocycles. The van der Waals surface area contributed by atoms with Crippen LogP contribution in [0.25, 0.3) is 0 Å². The van der Waals surface area contributed by atoms with Crippen molar-refractivity contribution in [3.8, 4) is 6.07 Å². The minimum Gasteiger partial charge on any atom is -0.326 e. The lowest BCUT2D eigenvalue weighted by atomic mass is 10.1. The van der Waals surface area contributed by atoms with E-state index in [2.05, 4.69) is 9.97 Å². The van der Waals surface area contributed by atoms with Gasteiger partial charge < -0.3 is 14.8 Å². The normalized spacial score (nSPS) is 14.3. The van der Waals surface area contributed by atoms with Crippen LogP contribution in [-0.4, -0.2) is 46.3 Å². The molecular weight excluding hydrogens is 358 g/mol. The number of carbonyl (C=O) groups is 2. The lowest BCUT2D eigenvalue weighted by Gasteiger charge is -2.34. The van der Waals surface area contributed by atoms with Crippen molar-refractivity contribution >= 4 is 17.5 Å². The predicted octanol–water partition coefficient (Wildman–Crippen LogP) is 1.33. The van der Waals surface area contributed by atoms with E-state index in [1.807, 2.05) is 19.9 Å². The van der Waals surface area contributed by atoms with Gasteiger partial charge in [0.15, 0.2) is 0 Å². The molecule has 1 fully saturated rings. The van der Waals surface area contributed by atoms with Gasteiger partial charge >= 0.3 is 5.69 Å². The summed E-state index contributed by atoms with van der Waals surface area (Å²) in [4.78, 5) is 46.5. The van der Waals surface area contributed by atoms with Gasteiger partial charge in [-0.05, 0) is 42.7 Å². The molecule has 144 valence electrons. The number of carbonyl (C=O) groups excluding carboxylic acids is 2. The number of aromatic nitrogens is 2. The monoisotopic (exact) mass is 379 g/mol. The van der Waals surface area contributed by atoms with Crippen molar-refractivity contribution in [2.24, 2.45) is 5.92 Å². The van der Waals surface area contributed by atoms with Crippen molar-refractivity contribution in [2.75, 3.05) is 24.5 Å². The molecule has 0 aliphatic carbocycles. The molecular formula is C20H21N5O3. The Hall–Kier alpha value is -3.47. The van der Waals surface area contributed by atoms with Crippen LogP contribution >= 0.6 is 0 Å². The molecule has 8 nitrogen and oxygen atoms in total. The number of amides is 2. The van der Waals surface area contributed by atoms with Crippen LogP contribution in [0.15, 0.2) is 35.1 Å². The van der Waals surface area contributed by atoms with E-state index in [-0.39, 0.29) is 18.1 Å². The van der Waals surface area contributed by atoms with Crippen LogP contribution in [0.2, 0.25) is 0 Å². The molecule has 8 heteroatoms. The maximum Gasteiger partial charge on any atom is 0.345 e. The van der Waals surface area contributed by atoms with Gasteiger partial charge in [-0.25, -0.2) is 4.79 Å². The SMILES string of the molecule is CC(C)Cc1cc(C(=O)N2CCN(c3ccc(C#N)cc3)C(=O)C2)nc(=O)[nH]1. The number of rotatable bonds is 4. The fourth-order valence-corrected chi connectivity index (χ4v) is 3.16. The molecule has 2 amide bonds. The van der Waals surface area contributed by atoms with Crippen molar-refractivity contribution in [3.05, 3.63) is 57.8 Å².